The summed E-state index contributed by atoms with van der Waals surface area (Å²) in [4.78, 5) is 37.6. The number of nitrogens with zero attached hydrogens (tertiary/aromatic N) is 4. The lowest BCUT2D eigenvalue weighted by molar-refractivity contribution is -0.384. The Morgan fingerprint density at radius 2 is 1.85 bits per heavy atom. The SMILES string of the molecule is NC(=S)N/N=C(/C(=O)Nc1ccc(Cl)c(Cl)c1)C1=NN(c2ccccc2)[C@H](c2cccc([N+](=O)[O-])c2)CC1=O. The molecule has 0 unspecified atom stereocenters. The van der Waals surface area contributed by atoms with Crippen molar-refractivity contribution < 1.29 is 14.5 Å². The van der Waals surface area contributed by atoms with Crippen LogP contribution in [0, 0.1) is 10.1 Å². The third kappa shape index (κ3) is 6.55. The van der Waals surface area contributed by atoms with Crippen molar-refractivity contribution in [3.63, 3.8) is 0 Å². The predicted molar refractivity (Wildman–Crippen MR) is 154 cm³/mol. The standard InChI is InChI=1S/C25H19Cl2N7O4S/c26-18-10-9-15(12-19(18)27)29-24(36)23(30-31-25(28)39)22-21(35)13-20(14-5-4-8-17(11-14)34(37)38)33(32-22)16-6-2-1-3-7-16/h1-12,20H,13H2,(H,29,36)(H3,28,31,39)/b30-23+/t20-/m0/s1. The number of hydrogen-bond acceptors (Lipinski definition) is 8. The minimum absolute atomic E-state index is 0.133. The first-order chi connectivity index (χ1) is 18.6. The second-order valence-corrected chi connectivity index (χ2v) is 9.40. The van der Waals surface area contributed by atoms with Gasteiger partial charge >= 0.3 is 0 Å². The molecule has 0 radical (unpaired) electrons. The van der Waals surface area contributed by atoms with Gasteiger partial charge in [-0.2, -0.15) is 10.2 Å². The number of carbonyl (C=O) groups is 2. The first-order valence-corrected chi connectivity index (χ1v) is 12.4. The van der Waals surface area contributed by atoms with Gasteiger partial charge in [-0.15, -0.1) is 0 Å². The van der Waals surface area contributed by atoms with Crippen molar-refractivity contribution in [2.24, 2.45) is 15.9 Å². The van der Waals surface area contributed by atoms with Crippen LogP contribution in [0.2, 0.25) is 10.0 Å². The third-order valence-corrected chi connectivity index (χ3v) is 6.36. The van der Waals surface area contributed by atoms with Gasteiger partial charge in [0.05, 0.1) is 26.7 Å². The Labute approximate surface area is 237 Å². The fourth-order valence-corrected chi connectivity index (χ4v) is 4.12. The highest BCUT2D eigenvalue weighted by Crippen LogP contribution is 2.35. The lowest BCUT2D eigenvalue weighted by Gasteiger charge is -2.33. The zero-order valence-electron chi connectivity index (χ0n) is 19.9. The van der Waals surface area contributed by atoms with Gasteiger partial charge < -0.3 is 11.1 Å². The van der Waals surface area contributed by atoms with Gasteiger partial charge in [0.1, 0.15) is 0 Å². The number of amides is 1. The van der Waals surface area contributed by atoms with Crippen LogP contribution < -0.4 is 21.5 Å². The highest BCUT2D eigenvalue weighted by molar-refractivity contribution is 7.80. The van der Waals surface area contributed by atoms with Crippen molar-refractivity contribution >= 4 is 80.7 Å². The van der Waals surface area contributed by atoms with Crippen LogP contribution in [0.5, 0.6) is 0 Å². The molecule has 0 fully saturated rings. The van der Waals surface area contributed by atoms with E-state index in [0.717, 1.165) is 0 Å². The minimum atomic E-state index is -0.800. The zero-order chi connectivity index (χ0) is 28.1. The molecule has 0 saturated carbocycles. The van der Waals surface area contributed by atoms with E-state index in [4.69, 9.17) is 41.2 Å². The third-order valence-electron chi connectivity index (χ3n) is 5.53. The molecule has 0 aromatic heterocycles. The van der Waals surface area contributed by atoms with Gasteiger partial charge in [0.2, 0.25) is 0 Å². The Balaban J connectivity index is 1.79. The van der Waals surface area contributed by atoms with E-state index in [-0.39, 0.29) is 38.7 Å². The van der Waals surface area contributed by atoms with Crippen LogP contribution in [-0.2, 0) is 9.59 Å². The summed E-state index contributed by atoms with van der Waals surface area (Å²) in [6, 6.07) is 18.5. The summed E-state index contributed by atoms with van der Waals surface area (Å²) in [7, 11) is 0. The summed E-state index contributed by atoms with van der Waals surface area (Å²) in [5, 5.41) is 24.2. The minimum Gasteiger partial charge on any atom is -0.375 e. The van der Waals surface area contributed by atoms with Gasteiger partial charge in [0, 0.05) is 24.2 Å². The number of nitrogens with two attached hydrogens (primary N) is 1. The molecule has 198 valence electrons. The maximum atomic E-state index is 13.4. The molecular formula is C25H19Cl2N7O4S. The van der Waals surface area contributed by atoms with Crippen molar-refractivity contribution in [3.8, 4) is 0 Å². The van der Waals surface area contributed by atoms with E-state index in [1.54, 1.807) is 36.4 Å². The topological polar surface area (TPSA) is 155 Å². The highest BCUT2D eigenvalue weighted by Gasteiger charge is 2.36. The Kier molecular flexibility index (Phi) is 8.49. The van der Waals surface area contributed by atoms with Crippen molar-refractivity contribution in [2.75, 3.05) is 10.3 Å². The molecule has 0 spiro atoms. The molecule has 11 nitrogen and oxygen atoms in total. The summed E-state index contributed by atoms with van der Waals surface area (Å²) in [5.41, 5.74) is 8.39. The summed E-state index contributed by atoms with van der Waals surface area (Å²) in [5.74, 6) is -1.34. The number of halogens is 2. The molecule has 0 bridgehead atoms. The van der Waals surface area contributed by atoms with Crippen molar-refractivity contribution in [1.29, 1.82) is 0 Å². The maximum absolute atomic E-state index is 13.4. The summed E-state index contributed by atoms with van der Waals surface area (Å²) in [6.45, 7) is 0. The largest absolute Gasteiger partial charge is 0.375 e. The molecule has 3 aromatic rings. The number of nitro groups is 1. The molecule has 1 aliphatic rings. The molecule has 39 heavy (non-hydrogen) atoms. The van der Waals surface area contributed by atoms with E-state index >= 15 is 0 Å². The lowest BCUT2D eigenvalue weighted by Crippen LogP contribution is -2.44. The number of hydrogen-bond donors (Lipinski definition) is 3. The number of thiocarbonyl (C=S) groups is 1. The normalized spacial score (nSPS) is 15.4. The fourth-order valence-electron chi connectivity index (χ4n) is 3.78. The summed E-state index contributed by atoms with van der Waals surface area (Å²) >= 11 is 16.8. The van der Waals surface area contributed by atoms with E-state index < -0.39 is 28.4 Å². The van der Waals surface area contributed by atoms with Crippen molar-refractivity contribution in [1.82, 2.24) is 5.43 Å². The number of benzene rings is 3. The van der Waals surface area contributed by atoms with Gasteiger partial charge in [-0.1, -0.05) is 53.5 Å². The van der Waals surface area contributed by atoms with Gasteiger partial charge in [0.15, 0.2) is 22.3 Å². The summed E-state index contributed by atoms with van der Waals surface area (Å²) in [6.07, 6.45) is -0.166. The van der Waals surface area contributed by atoms with E-state index in [2.05, 4.69) is 20.9 Å². The second-order valence-electron chi connectivity index (χ2n) is 8.14. The van der Waals surface area contributed by atoms with Crippen LogP contribution in [0.25, 0.3) is 0 Å². The van der Waals surface area contributed by atoms with Crippen molar-refractivity contribution in [2.45, 2.75) is 12.5 Å². The molecule has 1 aliphatic heterocycles. The number of hydrazone groups is 2. The molecule has 1 heterocycles. The number of carbonyl (C=O) groups excluding carboxylic acids is 2. The van der Waals surface area contributed by atoms with Gasteiger partial charge in [-0.05, 0) is 48.1 Å². The Morgan fingerprint density at radius 1 is 1.10 bits per heavy atom. The zero-order valence-corrected chi connectivity index (χ0v) is 22.2. The maximum Gasteiger partial charge on any atom is 0.278 e. The molecule has 14 heteroatoms. The molecule has 3 aromatic carbocycles. The van der Waals surface area contributed by atoms with Crippen LogP contribution in [0.15, 0.2) is 83.0 Å². The molecule has 4 N–H and O–H groups in total. The fraction of sp³-hybridized carbons (Fsp3) is 0.0800. The first kappa shape index (κ1) is 27.6. The van der Waals surface area contributed by atoms with E-state index in [1.165, 1.54) is 41.4 Å². The predicted octanol–water partition coefficient (Wildman–Crippen LogP) is 4.61. The van der Waals surface area contributed by atoms with Crippen LogP contribution in [-0.4, -0.2) is 33.1 Å². The van der Waals surface area contributed by atoms with Crippen LogP contribution in [0.4, 0.5) is 17.1 Å². The average molecular weight is 584 g/mol. The highest BCUT2D eigenvalue weighted by atomic mass is 35.5. The Bertz CT molecular complexity index is 1530. The number of rotatable bonds is 7. The lowest BCUT2D eigenvalue weighted by atomic mass is 9.94. The molecule has 0 saturated heterocycles. The van der Waals surface area contributed by atoms with Crippen LogP contribution in [0.3, 0.4) is 0 Å². The van der Waals surface area contributed by atoms with Gasteiger partial charge in [-0.25, -0.2) is 0 Å². The monoisotopic (exact) mass is 583 g/mol. The average Bonchev–Trinajstić information content (AvgIpc) is 2.92. The Hall–Kier alpha value is -4.39. The Morgan fingerprint density at radius 3 is 2.51 bits per heavy atom. The van der Waals surface area contributed by atoms with E-state index in [9.17, 15) is 19.7 Å². The number of nitrogens with one attached hydrogen (secondary N) is 2. The second kappa shape index (κ2) is 12.0. The van der Waals surface area contributed by atoms with Crippen molar-refractivity contribution in [3.05, 3.63) is 98.5 Å². The molecule has 4 rings (SSSR count). The number of para-hydroxylation sites is 1. The number of nitro benzene ring substituents is 1. The van der Waals surface area contributed by atoms with E-state index in [1.807, 2.05) is 0 Å². The van der Waals surface area contributed by atoms with Gasteiger partial charge in [-0.3, -0.25) is 30.1 Å². The molecular weight excluding hydrogens is 565 g/mol. The number of ketones is 1. The molecule has 1 atom stereocenters. The van der Waals surface area contributed by atoms with E-state index in [0.29, 0.717) is 11.3 Å². The van der Waals surface area contributed by atoms with Crippen LogP contribution >= 0.6 is 35.4 Å². The smallest absolute Gasteiger partial charge is 0.278 e. The number of non-ortho nitro benzene ring substituents is 1. The van der Waals surface area contributed by atoms with Gasteiger partial charge in [0.25, 0.3) is 11.6 Å². The molecule has 1 amide bonds. The van der Waals surface area contributed by atoms with Crippen LogP contribution in [0.1, 0.15) is 18.0 Å². The number of Topliss-reactive ketones (excluding diaryl/α,β-unsaturated/α-hetero) is 1. The molecule has 0 aliphatic carbocycles. The summed E-state index contributed by atoms with van der Waals surface area (Å²) < 4.78 is 0. The quantitative estimate of drug-likeness (QED) is 0.157. The first-order valence-electron chi connectivity index (χ1n) is 11.2. The number of anilines is 2.